The largest absolute Gasteiger partial charge is 0.416 e. The van der Waals surface area contributed by atoms with Crippen LogP contribution in [0.5, 0.6) is 0 Å². The zero-order chi connectivity index (χ0) is 19.6. The molecular formula is C20H15ClF3NOS. The number of amides is 1. The average Bonchev–Trinajstić information content (AvgIpc) is 3.01. The summed E-state index contributed by atoms with van der Waals surface area (Å²) in [4.78, 5) is 13.9. The minimum absolute atomic E-state index is 0.0242. The Morgan fingerprint density at radius 3 is 2.48 bits per heavy atom. The number of aryl methyl sites for hydroxylation is 1. The van der Waals surface area contributed by atoms with Gasteiger partial charge in [0.15, 0.2) is 0 Å². The van der Waals surface area contributed by atoms with E-state index in [1.165, 1.54) is 17.4 Å². The molecule has 0 atom stereocenters. The highest BCUT2D eigenvalue weighted by Gasteiger charge is 2.30. The third-order valence-electron chi connectivity index (χ3n) is 3.96. The molecule has 0 saturated heterocycles. The maximum atomic E-state index is 12.8. The van der Waals surface area contributed by atoms with Crippen LogP contribution in [0.15, 0.2) is 54.6 Å². The smallest absolute Gasteiger partial charge is 0.347 e. The number of hydrogen-bond donors (Lipinski definition) is 1. The zero-order valence-corrected chi connectivity index (χ0v) is 15.8. The Kier molecular flexibility index (Phi) is 5.58. The molecule has 1 heterocycles. The SMILES string of the molecule is Cc1cc(-c2ccc(Cl)cc2)sc1C(=O)NCc1cccc(C(F)(F)F)c1. The van der Waals surface area contributed by atoms with Crippen LogP contribution in [0.25, 0.3) is 10.4 Å². The Morgan fingerprint density at radius 1 is 1.11 bits per heavy atom. The summed E-state index contributed by atoms with van der Waals surface area (Å²) in [7, 11) is 0. The molecule has 7 heteroatoms. The van der Waals surface area contributed by atoms with Crippen molar-refractivity contribution in [2.75, 3.05) is 0 Å². The van der Waals surface area contributed by atoms with Gasteiger partial charge >= 0.3 is 6.18 Å². The van der Waals surface area contributed by atoms with Crippen LogP contribution in [0.3, 0.4) is 0 Å². The van der Waals surface area contributed by atoms with Crippen LogP contribution in [0.1, 0.15) is 26.4 Å². The Labute approximate surface area is 163 Å². The van der Waals surface area contributed by atoms with Crippen LogP contribution in [-0.2, 0) is 12.7 Å². The predicted molar refractivity (Wildman–Crippen MR) is 102 cm³/mol. The summed E-state index contributed by atoms with van der Waals surface area (Å²) < 4.78 is 38.3. The number of carbonyl (C=O) groups is 1. The highest BCUT2D eigenvalue weighted by molar-refractivity contribution is 7.17. The van der Waals surface area contributed by atoms with E-state index in [9.17, 15) is 18.0 Å². The number of carbonyl (C=O) groups excluding carboxylic acids is 1. The zero-order valence-electron chi connectivity index (χ0n) is 14.2. The van der Waals surface area contributed by atoms with Crippen LogP contribution in [-0.4, -0.2) is 5.91 Å². The lowest BCUT2D eigenvalue weighted by molar-refractivity contribution is -0.137. The van der Waals surface area contributed by atoms with Gasteiger partial charge in [0, 0.05) is 16.4 Å². The first kappa shape index (κ1) is 19.5. The Bertz CT molecular complexity index is 964. The molecule has 0 bridgehead atoms. The van der Waals surface area contributed by atoms with Crippen molar-refractivity contribution in [3.05, 3.63) is 81.2 Å². The first-order valence-electron chi connectivity index (χ1n) is 8.05. The highest BCUT2D eigenvalue weighted by atomic mass is 35.5. The van der Waals surface area contributed by atoms with E-state index in [0.717, 1.165) is 28.1 Å². The van der Waals surface area contributed by atoms with E-state index < -0.39 is 11.7 Å². The van der Waals surface area contributed by atoms with Gasteiger partial charge in [-0.25, -0.2) is 0 Å². The van der Waals surface area contributed by atoms with Crippen molar-refractivity contribution < 1.29 is 18.0 Å². The van der Waals surface area contributed by atoms with Crippen molar-refractivity contribution in [1.29, 1.82) is 0 Å². The third kappa shape index (κ3) is 4.70. The molecule has 1 aromatic heterocycles. The maximum Gasteiger partial charge on any atom is 0.416 e. The number of benzene rings is 2. The van der Waals surface area contributed by atoms with Gasteiger partial charge in [-0.1, -0.05) is 35.9 Å². The molecule has 140 valence electrons. The van der Waals surface area contributed by atoms with Crippen molar-refractivity contribution in [3.63, 3.8) is 0 Å². The van der Waals surface area contributed by atoms with Crippen molar-refractivity contribution in [1.82, 2.24) is 5.32 Å². The monoisotopic (exact) mass is 409 g/mol. The van der Waals surface area contributed by atoms with Gasteiger partial charge in [0.1, 0.15) is 0 Å². The minimum atomic E-state index is -4.40. The first-order valence-corrected chi connectivity index (χ1v) is 9.24. The first-order chi connectivity index (χ1) is 12.7. The van der Waals surface area contributed by atoms with E-state index in [0.29, 0.717) is 15.5 Å². The lowest BCUT2D eigenvalue weighted by atomic mass is 10.1. The molecule has 1 N–H and O–H groups in total. The van der Waals surface area contributed by atoms with Crippen LogP contribution < -0.4 is 5.32 Å². The second-order valence-corrected chi connectivity index (χ2v) is 7.50. The second-order valence-electron chi connectivity index (χ2n) is 6.01. The quantitative estimate of drug-likeness (QED) is 0.536. The molecule has 3 aromatic rings. The normalized spacial score (nSPS) is 11.4. The van der Waals surface area contributed by atoms with E-state index in [-0.39, 0.29) is 12.5 Å². The molecule has 3 rings (SSSR count). The standard InChI is InChI=1S/C20H15ClF3NOS/c1-12-9-17(14-5-7-16(21)8-6-14)27-18(12)19(26)25-11-13-3-2-4-15(10-13)20(22,23)24/h2-10H,11H2,1H3,(H,25,26). The Morgan fingerprint density at radius 2 is 1.81 bits per heavy atom. The fourth-order valence-electron chi connectivity index (χ4n) is 2.58. The van der Waals surface area contributed by atoms with Crippen LogP contribution >= 0.6 is 22.9 Å². The predicted octanol–water partition coefficient (Wildman–Crippen LogP) is 6.33. The van der Waals surface area contributed by atoms with E-state index in [1.807, 2.05) is 25.1 Å². The fourth-order valence-corrected chi connectivity index (χ4v) is 3.80. The Hall–Kier alpha value is -2.31. The van der Waals surface area contributed by atoms with Gasteiger partial charge < -0.3 is 5.32 Å². The van der Waals surface area contributed by atoms with Crippen molar-refractivity contribution >= 4 is 28.8 Å². The summed E-state index contributed by atoms with van der Waals surface area (Å²) in [5.74, 6) is -0.310. The number of thiophene rings is 1. The summed E-state index contributed by atoms with van der Waals surface area (Å²) in [6.07, 6.45) is -4.40. The van der Waals surface area contributed by atoms with Gasteiger partial charge in [0.25, 0.3) is 5.91 Å². The van der Waals surface area contributed by atoms with Gasteiger partial charge in [-0.15, -0.1) is 11.3 Å². The molecule has 2 nitrogen and oxygen atoms in total. The summed E-state index contributed by atoms with van der Waals surface area (Å²) in [5.41, 5.74) is 1.42. The molecule has 0 aliphatic carbocycles. The molecule has 2 aromatic carbocycles. The maximum absolute atomic E-state index is 12.8. The second kappa shape index (κ2) is 7.74. The van der Waals surface area contributed by atoms with Crippen molar-refractivity contribution in [2.45, 2.75) is 19.6 Å². The lowest BCUT2D eigenvalue weighted by Gasteiger charge is -2.09. The van der Waals surface area contributed by atoms with Gasteiger partial charge in [-0.2, -0.15) is 13.2 Å². The van der Waals surface area contributed by atoms with Gasteiger partial charge in [0.05, 0.1) is 10.4 Å². The van der Waals surface area contributed by atoms with E-state index >= 15 is 0 Å². The minimum Gasteiger partial charge on any atom is -0.347 e. The number of hydrogen-bond acceptors (Lipinski definition) is 2. The molecule has 0 radical (unpaired) electrons. The molecular weight excluding hydrogens is 395 g/mol. The summed E-state index contributed by atoms with van der Waals surface area (Å²) in [5, 5.41) is 3.32. The van der Waals surface area contributed by atoms with E-state index in [4.69, 9.17) is 11.6 Å². The summed E-state index contributed by atoms with van der Waals surface area (Å²) in [6.45, 7) is 1.85. The fraction of sp³-hybridized carbons (Fsp3) is 0.150. The molecule has 0 aliphatic rings. The average molecular weight is 410 g/mol. The summed E-state index contributed by atoms with van der Waals surface area (Å²) >= 11 is 7.23. The lowest BCUT2D eigenvalue weighted by Crippen LogP contribution is -2.22. The molecule has 0 fully saturated rings. The van der Waals surface area contributed by atoms with Crippen molar-refractivity contribution in [3.8, 4) is 10.4 Å². The Balaban J connectivity index is 1.73. The third-order valence-corrected chi connectivity index (χ3v) is 5.50. The topological polar surface area (TPSA) is 29.1 Å². The molecule has 0 spiro atoms. The van der Waals surface area contributed by atoms with Crippen LogP contribution in [0, 0.1) is 6.92 Å². The molecule has 1 amide bonds. The number of halogens is 4. The van der Waals surface area contributed by atoms with Crippen molar-refractivity contribution in [2.24, 2.45) is 0 Å². The molecule has 0 unspecified atom stereocenters. The number of rotatable bonds is 4. The van der Waals surface area contributed by atoms with Gasteiger partial charge in [-0.05, 0) is 53.9 Å². The van der Waals surface area contributed by atoms with Gasteiger partial charge in [0.2, 0.25) is 0 Å². The molecule has 27 heavy (non-hydrogen) atoms. The molecule has 0 saturated carbocycles. The van der Waals surface area contributed by atoms with Crippen LogP contribution in [0.2, 0.25) is 5.02 Å². The van der Waals surface area contributed by atoms with Crippen LogP contribution in [0.4, 0.5) is 13.2 Å². The highest BCUT2D eigenvalue weighted by Crippen LogP contribution is 2.32. The molecule has 0 aliphatic heterocycles. The number of nitrogens with one attached hydrogen (secondary N) is 1. The number of alkyl halides is 3. The summed E-state index contributed by atoms with van der Waals surface area (Å²) in [6, 6.07) is 14.1. The van der Waals surface area contributed by atoms with E-state index in [2.05, 4.69) is 5.32 Å². The van der Waals surface area contributed by atoms with Gasteiger partial charge in [-0.3, -0.25) is 4.79 Å². The van der Waals surface area contributed by atoms with E-state index in [1.54, 1.807) is 18.2 Å².